The summed E-state index contributed by atoms with van der Waals surface area (Å²) in [5.74, 6) is 0.892. The second kappa shape index (κ2) is 5.59. The molecule has 1 aromatic carbocycles. The number of imidazole rings is 1. The molecule has 3 rings (SSSR count). The number of rotatable bonds is 2. The highest BCUT2D eigenvalue weighted by molar-refractivity contribution is 5.85. The quantitative estimate of drug-likeness (QED) is 0.908. The van der Waals surface area contributed by atoms with Crippen LogP contribution in [0.2, 0.25) is 0 Å². The van der Waals surface area contributed by atoms with Gasteiger partial charge in [-0.2, -0.15) is 0 Å². The molecule has 0 spiro atoms. The highest BCUT2D eigenvalue weighted by Crippen LogP contribution is 2.25. The molecule has 0 saturated carbocycles. The van der Waals surface area contributed by atoms with Crippen molar-refractivity contribution in [3.05, 3.63) is 24.5 Å². The number of nitrogens with one attached hydrogen (secondary N) is 1. The largest absolute Gasteiger partial charge is 0.497 e. The highest BCUT2D eigenvalue weighted by Gasteiger charge is 2.17. The van der Waals surface area contributed by atoms with Crippen LogP contribution in [0.25, 0.3) is 11.0 Å². The third-order valence-electron chi connectivity index (χ3n) is 3.45. The fraction of sp³-hybridized carbons (Fsp3) is 0.462. The van der Waals surface area contributed by atoms with Crippen molar-refractivity contribution in [3.63, 3.8) is 0 Å². The number of methoxy groups -OCH3 is 1. The molecule has 1 saturated heterocycles. The van der Waals surface area contributed by atoms with E-state index in [9.17, 15) is 0 Å². The van der Waals surface area contributed by atoms with Crippen molar-refractivity contribution in [3.8, 4) is 5.75 Å². The lowest BCUT2D eigenvalue weighted by molar-refractivity contribution is 0.377. The SMILES string of the molecule is COc1ccc2ncn(C3CCCNC3)c2c1.Cl. The average molecular weight is 268 g/mol. The van der Waals surface area contributed by atoms with E-state index in [2.05, 4.69) is 20.9 Å². The number of hydrogen-bond donors (Lipinski definition) is 1. The lowest BCUT2D eigenvalue weighted by Gasteiger charge is -2.24. The first kappa shape index (κ1) is 13.2. The van der Waals surface area contributed by atoms with Crippen LogP contribution in [0, 0.1) is 0 Å². The van der Waals surface area contributed by atoms with Crippen LogP contribution >= 0.6 is 12.4 Å². The van der Waals surface area contributed by atoms with Crippen molar-refractivity contribution in [2.24, 2.45) is 0 Å². The Labute approximate surface area is 113 Å². The first-order valence-corrected chi connectivity index (χ1v) is 6.10. The minimum atomic E-state index is 0. The second-order valence-electron chi connectivity index (χ2n) is 4.51. The molecule has 2 aromatic rings. The number of piperidine rings is 1. The summed E-state index contributed by atoms with van der Waals surface area (Å²) in [6, 6.07) is 6.55. The van der Waals surface area contributed by atoms with Gasteiger partial charge in [-0.3, -0.25) is 0 Å². The van der Waals surface area contributed by atoms with Gasteiger partial charge in [-0.15, -0.1) is 12.4 Å². The smallest absolute Gasteiger partial charge is 0.121 e. The summed E-state index contributed by atoms with van der Waals surface area (Å²) in [5, 5.41) is 3.44. The maximum Gasteiger partial charge on any atom is 0.121 e. The minimum Gasteiger partial charge on any atom is -0.497 e. The van der Waals surface area contributed by atoms with E-state index in [0.29, 0.717) is 6.04 Å². The molecule has 0 aliphatic carbocycles. The molecule has 1 N–H and O–H groups in total. The number of hydrogen-bond acceptors (Lipinski definition) is 3. The van der Waals surface area contributed by atoms with Gasteiger partial charge in [0, 0.05) is 18.7 Å². The summed E-state index contributed by atoms with van der Waals surface area (Å²) in [7, 11) is 1.70. The average Bonchev–Trinajstić information content (AvgIpc) is 2.82. The van der Waals surface area contributed by atoms with Crippen molar-refractivity contribution >= 4 is 23.4 Å². The van der Waals surface area contributed by atoms with Crippen LogP contribution in [0.4, 0.5) is 0 Å². The van der Waals surface area contributed by atoms with Crippen LogP contribution in [0.3, 0.4) is 0 Å². The van der Waals surface area contributed by atoms with Crippen molar-refractivity contribution in [1.29, 1.82) is 0 Å². The van der Waals surface area contributed by atoms with Gasteiger partial charge in [0.2, 0.25) is 0 Å². The van der Waals surface area contributed by atoms with Gasteiger partial charge in [0.1, 0.15) is 5.75 Å². The van der Waals surface area contributed by atoms with E-state index >= 15 is 0 Å². The van der Waals surface area contributed by atoms with Crippen molar-refractivity contribution in [2.75, 3.05) is 20.2 Å². The van der Waals surface area contributed by atoms with Gasteiger partial charge in [-0.1, -0.05) is 0 Å². The van der Waals surface area contributed by atoms with Crippen molar-refractivity contribution in [1.82, 2.24) is 14.9 Å². The molecule has 0 bridgehead atoms. The molecule has 98 valence electrons. The predicted octanol–water partition coefficient (Wildman–Crippen LogP) is 2.39. The molecular weight excluding hydrogens is 250 g/mol. The Hall–Kier alpha value is -1.26. The van der Waals surface area contributed by atoms with Crippen molar-refractivity contribution < 1.29 is 4.74 Å². The zero-order chi connectivity index (χ0) is 11.7. The Bertz CT molecular complexity index is 520. The topological polar surface area (TPSA) is 39.1 Å². The summed E-state index contributed by atoms with van der Waals surface area (Å²) in [6.45, 7) is 2.16. The molecule has 1 aliphatic heterocycles. The Morgan fingerprint density at radius 3 is 3.06 bits per heavy atom. The first-order valence-electron chi connectivity index (χ1n) is 6.10. The molecule has 1 unspecified atom stereocenters. The molecule has 1 aromatic heterocycles. The molecule has 4 nitrogen and oxygen atoms in total. The van der Waals surface area contributed by atoms with Gasteiger partial charge in [0.15, 0.2) is 0 Å². The third kappa shape index (κ3) is 2.31. The summed E-state index contributed by atoms with van der Waals surface area (Å²) in [6.07, 6.45) is 4.39. The molecule has 0 amide bonds. The Balaban J connectivity index is 0.00000120. The predicted molar refractivity (Wildman–Crippen MR) is 74.7 cm³/mol. The summed E-state index contributed by atoms with van der Waals surface area (Å²) < 4.78 is 7.55. The molecule has 2 heterocycles. The normalized spacial score (nSPS) is 19.5. The van der Waals surface area contributed by atoms with E-state index in [1.54, 1.807) is 7.11 Å². The van der Waals surface area contributed by atoms with E-state index in [4.69, 9.17) is 4.74 Å². The highest BCUT2D eigenvalue weighted by atomic mass is 35.5. The summed E-state index contributed by atoms with van der Waals surface area (Å²) >= 11 is 0. The lowest BCUT2D eigenvalue weighted by atomic mass is 10.1. The van der Waals surface area contributed by atoms with E-state index in [-0.39, 0.29) is 12.4 Å². The van der Waals surface area contributed by atoms with Crippen LogP contribution in [0.1, 0.15) is 18.9 Å². The van der Waals surface area contributed by atoms with E-state index in [0.717, 1.165) is 29.9 Å². The fourth-order valence-corrected chi connectivity index (χ4v) is 2.49. The van der Waals surface area contributed by atoms with Gasteiger partial charge in [0.25, 0.3) is 0 Å². The van der Waals surface area contributed by atoms with Crippen LogP contribution in [-0.2, 0) is 0 Å². The Kier molecular flexibility index (Phi) is 4.09. The van der Waals surface area contributed by atoms with Crippen LogP contribution in [-0.4, -0.2) is 29.8 Å². The zero-order valence-electron chi connectivity index (χ0n) is 10.4. The molecule has 0 radical (unpaired) electrons. The molecule has 1 aliphatic rings. The van der Waals surface area contributed by atoms with Gasteiger partial charge in [-0.25, -0.2) is 4.98 Å². The van der Waals surface area contributed by atoms with Crippen LogP contribution in [0.5, 0.6) is 5.75 Å². The fourth-order valence-electron chi connectivity index (χ4n) is 2.49. The molecular formula is C13H18ClN3O. The maximum absolute atomic E-state index is 5.28. The monoisotopic (exact) mass is 267 g/mol. The van der Waals surface area contributed by atoms with E-state index < -0.39 is 0 Å². The van der Waals surface area contributed by atoms with Gasteiger partial charge < -0.3 is 14.6 Å². The van der Waals surface area contributed by atoms with Crippen LogP contribution in [0.15, 0.2) is 24.5 Å². The molecule has 1 fully saturated rings. The number of aromatic nitrogens is 2. The lowest BCUT2D eigenvalue weighted by Crippen LogP contribution is -2.31. The first-order chi connectivity index (χ1) is 8.38. The van der Waals surface area contributed by atoms with Crippen LogP contribution < -0.4 is 10.1 Å². The summed E-state index contributed by atoms with van der Waals surface area (Å²) in [4.78, 5) is 4.45. The molecule has 18 heavy (non-hydrogen) atoms. The third-order valence-corrected chi connectivity index (χ3v) is 3.45. The number of fused-ring (bicyclic) bond motifs is 1. The molecule has 1 atom stereocenters. The maximum atomic E-state index is 5.28. The van der Waals surface area contributed by atoms with Gasteiger partial charge in [-0.05, 0) is 31.5 Å². The second-order valence-corrected chi connectivity index (χ2v) is 4.51. The number of benzene rings is 1. The van der Waals surface area contributed by atoms with Gasteiger partial charge in [0.05, 0.1) is 24.5 Å². The summed E-state index contributed by atoms with van der Waals surface area (Å²) in [5.41, 5.74) is 2.20. The zero-order valence-corrected chi connectivity index (χ0v) is 11.2. The van der Waals surface area contributed by atoms with E-state index in [1.165, 1.54) is 12.8 Å². The number of halogens is 1. The number of ether oxygens (including phenoxy) is 1. The standard InChI is InChI=1S/C13H17N3O.ClH/c1-17-11-4-5-12-13(7-11)16(9-15-12)10-3-2-6-14-8-10;/h4-5,7,9-10,14H,2-3,6,8H2,1H3;1H. The number of nitrogens with zero attached hydrogens (tertiary/aromatic N) is 2. The molecule has 5 heteroatoms. The minimum absolute atomic E-state index is 0. The van der Waals surface area contributed by atoms with Gasteiger partial charge >= 0.3 is 0 Å². The Morgan fingerprint density at radius 1 is 1.44 bits per heavy atom. The van der Waals surface area contributed by atoms with Crippen molar-refractivity contribution in [2.45, 2.75) is 18.9 Å². The van der Waals surface area contributed by atoms with E-state index in [1.807, 2.05) is 18.5 Å². The Morgan fingerprint density at radius 2 is 2.33 bits per heavy atom.